The fourth-order valence-electron chi connectivity index (χ4n) is 3.04. The minimum absolute atomic E-state index is 0.300. The zero-order chi connectivity index (χ0) is 19.9. The van der Waals surface area contributed by atoms with Gasteiger partial charge < -0.3 is 24.8 Å². The molecule has 1 aromatic heterocycles. The summed E-state index contributed by atoms with van der Waals surface area (Å²) in [5, 5.41) is 6.57. The van der Waals surface area contributed by atoms with Gasteiger partial charge in [0.2, 0.25) is 5.88 Å². The van der Waals surface area contributed by atoms with Gasteiger partial charge in [0.15, 0.2) is 5.96 Å². The van der Waals surface area contributed by atoms with Gasteiger partial charge in [-0.1, -0.05) is 19.4 Å². The monoisotopic (exact) mass is 392 g/mol. The van der Waals surface area contributed by atoms with Crippen LogP contribution in [0.5, 0.6) is 5.88 Å². The number of pyridine rings is 1. The Bertz CT molecular complexity index is 562. The van der Waals surface area contributed by atoms with Gasteiger partial charge in [0.1, 0.15) is 6.10 Å². The Balaban J connectivity index is 1.63. The van der Waals surface area contributed by atoms with Crippen molar-refractivity contribution in [3.8, 4) is 5.88 Å². The molecule has 7 nitrogen and oxygen atoms in total. The van der Waals surface area contributed by atoms with Crippen LogP contribution in [-0.2, 0) is 16.0 Å². The molecule has 28 heavy (non-hydrogen) atoms. The quantitative estimate of drug-likeness (QED) is 0.305. The average Bonchev–Trinajstić information content (AvgIpc) is 3.23. The molecule has 0 spiro atoms. The van der Waals surface area contributed by atoms with E-state index in [4.69, 9.17) is 14.2 Å². The lowest BCUT2D eigenvalue weighted by Gasteiger charge is -2.16. The van der Waals surface area contributed by atoms with Gasteiger partial charge in [-0.05, 0) is 38.2 Å². The zero-order valence-corrected chi connectivity index (χ0v) is 17.4. The van der Waals surface area contributed by atoms with Crippen molar-refractivity contribution in [1.29, 1.82) is 0 Å². The second-order valence-electron chi connectivity index (χ2n) is 6.92. The summed E-state index contributed by atoms with van der Waals surface area (Å²) in [5.74, 6) is 1.46. The molecule has 1 saturated carbocycles. The Kier molecular flexibility index (Phi) is 11.4. The van der Waals surface area contributed by atoms with Crippen molar-refractivity contribution in [2.45, 2.75) is 58.1 Å². The smallest absolute Gasteiger partial charge is 0.218 e. The molecule has 1 heterocycles. The van der Waals surface area contributed by atoms with Crippen LogP contribution in [0.4, 0.5) is 0 Å². The van der Waals surface area contributed by atoms with Crippen LogP contribution in [0.3, 0.4) is 0 Å². The second kappa shape index (κ2) is 14.2. The highest BCUT2D eigenvalue weighted by Crippen LogP contribution is 2.24. The summed E-state index contributed by atoms with van der Waals surface area (Å²) in [6, 6.07) is 3.98. The number of unbranched alkanes of at least 4 members (excludes halogenated alkanes) is 1. The molecule has 0 unspecified atom stereocenters. The Hall–Kier alpha value is -1.86. The van der Waals surface area contributed by atoms with Crippen molar-refractivity contribution >= 4 is 5.96 Å². The number of ether oxygens (including phenoxy) is 3. The molecule has 1 fully saturated rings. The first-order valence-corrected chi connectivity index (χ1v) is 10.5. The van der Waals surface area contributed by atoms with Crippen molar-refractivity contribution in [1.82, 2.24) is 15.6 Å². The predicted octanol–water partition coefficient (Wildman–Crippen LogP) is 2.90. The fourth-order valence-corrected chi connectivity index (χ4v) is 3.04. The maximum atomic E-state index is 6.09. The average molecular weight is 393 g/mol. The first kappa shape index (κ1) is 22.4. The minimum atomic E-state index is 0.300. The fraction of sp³-hybridized carbons (Fsp3) is 0.714. The number of guanidine groups is 1. The molecule has 158 valence electrons. The lowest BCUT2D eigenvalue weighted by molar-refractivity contribution is 0.0487. The summed E-state index contributed by atoms with van der Waals surface area (Å²) in [6.07, 6.45) is 9.08. The van der Waals surface area contributed by atoms with E-state index in [9.17, 15) is 0 Å². The molecule has 0 radical (unpaired) electrons. The van der Waals surface area contributed by atoms with Gasteiger partial charge in [0.25, 0.3) is 0 Å². The topological polar surface area (TPSA) is 77.0 Å². The number of hydrogen-bond donors (Lipinski definition) is 2. The lowest BCUT2D eigenvalue weighted by atomic mass is 10.2. The van der Waals surface area contributed by atoms with E-state index in [1.807, 2.05) is 12.1 Å². The van der Waals surface area contributed by atoms with E-state index in [-0.39, 0.29) is 0 Å². The Labute approximate surface area is 169 Å². The maximum Gasteiger partial charge on any atom is 0.218 e. The first-order valence-electron chi connectivity index (χ1n) is 10.5. The molecule has 0 aliphatic heterocycles. The van der Waals surface area contributed by atoms with E-state index in [2.05, 4.69) is 27.5 Å². The molecule has 0 atom stereocenters. The van der Waals surface area contributed by atoms with Crippen LogP contribution in [0.15, 0.2) is 23.3 Å². The standard InChI is InChI=1S/C21H36N4O3/c1-3-4-13-26-15-16-27-14-12-24-21(22-2)25-17-18-8-7-11-23-20(18)28-19-9-5-6-10-19/h7-8,11,19H,3-6,9-10,12-17H2,1-2H3,(H2,22,24,25). The molecule has 1 aliphatic rings. The highest BCUT2D eigenvalue weighted by Gasteiger charge is 2.18. The van der Waals surface area contributed by atoms with Gasteiger partial charge >= 0.3 is 0 Å². The number of nitrogens with one attached hydrogen (secondary N) is 2. The number of aromatic nitrogens is 1. The molecular formula is C21H36N4O3. The lowest BCUT2D eigenvalue weighted by Crippen LogP contribution is -2.38. The van der Waals surface area contributed by atoms with Gasteiger partial charge in [-0.3, -0.25) is 4.99 Å². The largest absolute Gasteiger partial charge is 0.474 e. The van der Waals surface area contributed by atoms with E-state index in [0.717, 1.165) is 49.7 Å². The normalized spacial score (nSPS) is 15.0. The van der Waals surface area contributed by atoms with Gasteiger partial charge in [0, 0.05) is 38.5 Å². The molecule has 7 heteroatoms. The molecule has 0 amide bonds. The predicted molar refractivity (Wildman–Crippen MR) is 112 cm³/mol. The van der Waals surface area contributed by atoms with Crippen molar-refractivity contribution in [2.75, 3.05) is 40.0 Å². The summed E-state index contributed by atoms with van der Waals surface area (Å²) >= 11 is 0. The molecule has 2 rings (SSSR count). The van der Waals surface area contributed by atoms with Gasteiger partial charge in [-0.25, -0.2) is 4.98 Å². The molecular weight excluding hydrogens is 356 g/mol. The molecule has 0 bridgehead atoms. The molecule has 0 aromatic carbocycles. The van der Waals surface area contributed by atoms with Crippen molar-refractivity contribution in [3.63, 3.8) is 0 Å². The Morgan fingerprint density at radius 2 is 1.93 bits per heavy atom. The third kappa shape index (κ3) is 8.89. The van der Waals surface area contributed by atoms with E-state index in [0.29, 0.717) is 39.0 Å². The minimum Gasteiger partial charge on any atom is -0.474 e. The van der Waals surface area contributed by atoms with Gasteiger partial charge in [0.05, 0.1) is 19.8 Å². The number of hydrogen-bond acceptors (Lipinski definition) is 5. The van der Waals surface area contributed by atoms with E-state index in [1.54, 1.807) is 13.2 Å². The van der Waals surface area contributed by atoms with E-state index in [1.165, 1.54) is 12.8 Å². The number of aliphatic imine (C=N–C) groups is 1. The molecule has 1 aromatic rings. The number of nitrogens with zero attached hydrogens (tertiary/aromatic N) is 2. The van der Waals surface area contributed by atoms with E-state index < -0.39 is 0 Å². The van der Waals surface area contributed by atoms with Crippen LogP contribution in [0.25, 0.3) is 0 Å². The van der Waals surface area contributed by atoms with Gasteiger partial charge in [-0.15, -0.1) is 0 Å². The Morgan fingerprint density at radius 1 is 1.14 bits per heavy atom. The second-order valence-corrected chi connectivity index (χ2v) is 6.92. The van der Waals surface area contributed by atoms with Crippen molar-refractivity contribution in [3.05, 3.63) is 23.9 Å². The van der Waals surface area contributed by atoms with Crippen LogP contribution in [0.2, 0.25) is 0 Å². The summed E-state index contributed by atoms with van der Waals surface area (Å²) in [7, 11) is 1.76. The Morgan fingerprint density at radius 3 is 2.68 bits per heavy atom. The molecule has 2 N–H and O–H groups in total. The van der Waals surface area contributed by atoms with Crippen LogP contribution < -0.4 is 15.4 Å². The zero-order valence-electron chi connectivity index (χ0n) is 17.4. The van der Waals surface area contributed by atoms with Crippen LogP contribution in [0, 0.1) is 0 Å². The summed E-state index contributed by atoms with van der Waals surface area (Å²) in [4.78, 5) is 8.67. The summed E-state index contributed by atoms with van der Waals surface area (Å²) < 4.78 is 17.1. The molecule has 1 aliphatic carbocycles. The maximum absolute atomic E-state index is 6.09. The van der Waals surface area contributed by atoms with Gasteiger partial charge in [-0.2, -0.15) is 0 Å². The highest BCUT2D eigenvalue weighted by atomic mass is 16.5. The summed E-state index contributed by atoms with van der Waals surface area (Å²) in [6.45, 7) is 6.15. The van der Waals surface area contributed by atoms with Crippen LogP contribution in [-0.4, -0.2) is 57.1 Å². The van der Waals surface area contributed by atoms with Crippen molar-refractivity contribution in [2.24, 2.45) is 4.99 Å². The number of rotatable bonds is 13. The van der Waals surface area contributed by atoms with Crippen LogP contribution in [0.1, 0.15) is 51.0 Å². The van der Waals surface area contributed by atoms with Crippen molar-refractivity contribution < 1.29 is 14.2 Å². The third-order valence-electron chi connectivity index (χ3n) is 4.65. The SMILES string of the molecule is CCCCOCCOCCNC(=NC)NCc1cccnc1OC1CCCC1. The van der Waals surface area contributed by atoms with E-state index >= 15 is 0 Å². The highest BCUT2D eigenvalue weighted by molar-refractivity contribution is 5.79. The molecule has 0 saturated heterocycles. The third-order valence-corrected chi connectivity index (χ3v) is 4.65. The first-order chi connectivity index (χ1) is 13.8. The summed E-state index contributed by atoms with van der Waals surface area (Å²) in [5.41, 5.74) is 1.04. The van der Waals surface area contributed by atoms with Crippen LogP contribution >= 0.6 is 0 Å².